The third kappa shape index (κ3) is 3.36. The van der Waals surface area contributed by atoms with Gasteiger partial charge in [0.1, 0.15) is 6.10 Å². The first kappa shape index (κ1) is 14.8. The van der Waals surface area contributed by atoms with Gasteiger partial charge in [0.25, 0.3) is 0 Å². The van der Waals surface area contributed by atoms with Crippen LogP contribution in [0.2, 0.25) is 0 Å². The summed E-state index contributed by atoms with van der Waals surface area (Å²) in [6, 6.07) is 2.78. The van der Waals surface area contributed by atoms with Crippen LogP contribution >= 0.6 is 0 Å². The van der Waals surface area contributed by atoms with Gasteiger partial charge in [-0.3, -0.25) is 4.68 Å². The molecule has 5 heteroatoms. The number of aromatic nitrogens is 2. The fourth-order valence-corrected chi connectivity index (χ4v) is 3.07. The Kier molecular flexibility index (Phi) is 4.73. The van der Waals surface area contributed by atoms with Crippen molar-refractivity contribution in [1.29, 1.82) is 0 Å². The van der Waals surface area contributed by atoms with Crippen molar-refractivity contribution in [1.82, 2.24) is 15.1 Å². The Labute approximate surface area is 126 Å². The van der Waals surface area contributed by atoms with E-state index in [2.05, 4.69) is 41.1 Å². The second-order valence-electron chi connectivity index (χ2n) is 6.07. The van der Waals surface area contributed by atoms with Crippen molar-refractivity contribution in [3.8, 4) is 0 Å². The van der Waals surface area contributed by atoms with Gasteiger partial charge < -0.3 is 14.8 Å². The lowest BCUT2D eigenvalue weighted by Gasteiger charge is -2.23. The molecule has 5 nitrogen and oxygen atoms in total. The van der Waals surface area contributed by atoms with E-state index >= 15 is 0 Å². The largest absolute Gasteiger partial charge is 0.377 e. The molecule has 1 aromatic heterocycles. The van der Waals surface area contributed by atoms with Crippen molar-refractivity contribution in [3.63, 3.8) is 0 Å². The molecular formula is C16H25N3O2. The van der Waals surface area contributed by atoms with Gasteiger partial charge >= 0.3 is 0 Å². The topological polar surface area (TPSA) is 48.3 Å². The van der Waals surface area contributed by atoms with E-state index in [1.807, 2.05) is 6.20 Å². The van der Waals surface area contributed by atoms with E-state index in [9.17, 15) is 0 Å². The molecular weight excluding hydrogens is 266 g/mol. The molecule has 2 atom stereocenters. The highest BCUT2D eigenvalue weighted by molar-refractivity contribution is 5.12. The van der Waals surface area contributed by atoms with Crippen LogP contribution in [0, 0.1) is 0 Å². The molecule has 2 aliphatic rings. The van der Waals surface area contributed by atoms with Gasteiger partial charge in [-0.05, 0) is 38.3 Å². The summed E-state index contributed by atoms with van der Waals surface area (Å²) in [5.74, 6) is 0. The summed E-state index contributed by atoms with van der Waals surface area (Å²) in [5.41, 5.74) is 2.53. The summed E-state index contributed by atoms with van der Waals surface area (Å²) >= 11 is 0. The Morgan fingerprint density at radius 2 is 2.33 bits per heavy atom. The van der Waals surface area contributed by atoms with E-state index in [4.69, 9.17) is 9.47 Å². The third-order valence-electron chi connectivity index (χ3n) is 4.15. The molecule has 0 radical (unpaired) electrons. The molecule has 0 aromatic carbocycles. The van der Waals surface area contributed by atoms with Gasteiger partial charge in [0.2, 0.25) is 0 Å². The Balaban J connectivity index is 1.65. The minimum Gasteiger partial charge on any atom is -0.377 e. The van der Waals surface area contributed by atoms with Gasteiger partial charge in [-0.1, -0.05) is 6.08 Å². The number of hydrogen-bond acceptors (Lipinski definition) is 4. The van der Waals surface area contributed by atoms with Crippen LogP contribution in [0.15, 0.2) is 23.9 Å². The summed E-state index contributed by atoms with van der Waals surface area (Å²) in [6.45, 7) is 7.61. The van der Waals surface area contributed by atoms with Crippen LogP contribution in [-0.4, -0.2) is 42.2 Å². The number of rotatable bonds is 5. The highest BCUT2D eigenvalue weighted by Crippen LogP contribution is 2.30. The molecule has 0 unspecified atom stereocenters. The zero-order chi connectivity index (χ0) is 14.7. The maximum Gasteiger partial charge on any atom is 0.114 e. The predicted octanol–water partition coefficient (Wildman–Crippen LogP) is 2.23. The van der Waals surface area contributed by atoms with Gasteiger partial charge in [-0.15, -0.1) is 0 Å². The normalized spacial score (nSPS) is 26.3. The molecule has 1 aromatic rings. The minimum atomic E-state index is 0.0972. The van der Waals surface area contributed by atoms with Crippen LogP contribution in [0.5, 0.6) is 0 Å². The first-order chi connectivity index (χ1) is 10.3. The molecule has 2 aliphatic heterocycles. The van der Waals surface area contributed by atoms with Crippen molar-refractivity contribution >= 4 is 0 Å². The van der Waals surface area contributed by atoms with Crippen LogP contribution in [0.1, 0.15) is 44.5 Å². The van der Waals surface area contributed by atoms with E-state index in [1.54, 1.807) is 0 Å². The second kappa shape index (κ2) is 6.73. The molecule has 1 N–H and O–H groups in total. The average Bonchev–Trinajstić information content (AvgIpc) is 3.14. The minimum absolute atomic E-state index is 0.0972. The fraction of sp³-hybridized carbons (Fsp3) is 0.688. The summed E-state index contributed by atoms with van der Waals surface area (Å²) in [6.07, 6.45) is 6.33. The Morgan fingerprint density at radius 3 is 3.10 bits per heavy atom. The zero-order valence-corrected chi connectivity index (χ0v) is 12.9. The van der Waals surface area contributed by atoms with Crippen LogP contribution in [0.25, 0.3) is 0 Å². The molecule has 0 bridgehead atoms. The average molecular weight is 291 g/mol. The molecule has 116 valence electrons. The van der Waals surface area contributed by atoms with Crippen molar-refractivity contribution in [3.05, 3.63) is 29.6 Å². The van der Waals surface area contributed by atoms with E-state index in [-0.39, 0.29) is 6.10 Å². The van der Waals surface area contributed by atoms with Gasteiger partial charge in [-0.2, -0.15) is 5.10 Å². The van der Waals surface area contributed by atoms with Crippen molar-refractivity contribution in [2.45, 2.75) is 44.9 Å². The smallest absolute Gasteiger partial charge is 0.114 e. The van der Waals surface area contributed by atoms with E-state index < -0.39 is 0 Å². The van der Waals surface area contributed by atoms with E-state index in [0.717, 1.165) is 39.2 Å². The first-order valence-electron chi connectivity index (χ1n) is 7.89. The van der Waals surface area contributed by atoms with Gasteiger partial charge in [0.05, 0.1) is 18.9 Å². The Morgan fingerprint density at radius 1 is 1.43 bits per heavy atom. The molecule has 0 amide bonds. The summed E-state index contributed by atoms with van der Waals surface area (Å²) < 4.78 is 13.5. The van der Waals surface area contributed by atoms with Crippen LogP contribution in [-0.2, 0) is 9.47 Å². The van der Waals surface area contributed by atoms with Crippen LogP contribution < -0.4 is 5.32 Å². The Bertz CT molecular complexity index is 495. The molecule has 0 spiro atoms. The van der Waals surface area contributed by atoms with E-state index in [1.165, 1.54) is 11.3 Å². The molecule has 3 heterocycles. The van der Waals surface area contributed by atoms with Gasteiger partial charge in [-0.25, -0.2) is 0 Å². The highest BCUT2D eigenvalue weighted by atomic mass is 16.5. The maximum absolute atomic E-state index is 5.97. The number of ether oxygens (including phenoxy) is 2. The molecule has 1 saturated heterocycles. The summed E-state index contributed by atoms with van der Waals surface area (Å²) in [5, 5.41) is 8.06. The van der Waals surface area contributed by atoms with Gasteiger partial charge in [0, 0.05) is 31.4 Å². The molecule has 1 fully saturated rings. The van der Waals surface area contributed by atoms with Crippen molar-refractivity contribution < 1.29 is 9.47 Å². The third-order valence-corrected chi connectivity index (χ3v) is 4.15. The lowest BCUT2D eigenvalue weighted by Crippen LogP contribution is -2.35. The number of hydrogen-bond donors (Lipinski definition) is 1. The summed E-state index contributed by atoms with van der Waals surface area (Å²) in [4.78, 5) is 0. The zero-order valence-electron chi connectivity index (χ0n) is 12.9. The van der Waals surface area contributed by atoms with Gasteiger partial charge in [0.15, 0.2) is 0 Å². The monoisotopic (exact) mass is 291 g/mol. The lowest BCUT2D eigenvalue weighted by molar-refractivity contribution is 0.0900. The van der Waals surface area contributed by atoms with Crippen molar-refractivity contribution in [2.24, 2.45) is 0 Å². The SMILES string of the molecule is CC(C)n1nccc1[C@H]1OCC[C@@H]1NCC1=CCCOC1. The van der Waals surface area contributed by atoms with Crippen LogP contribution in [0.4, 0.5) is 0 Å². The Hall–Kier alpha value is -1.17. The van der Waals surface area contributed by atoms with Crippen molar-refractivity contribution in [2.75, 3.05) is 26.4 Å². The molecule has 21 heavy (non-hydrogen) atoms. The quantitative estimate of drug-likeness (QED) is 0.845. The molecule has 0 aliphatic carbocycles. The number of nitrogens with zero attached hydrogens (tertiary/aromatic N) is 2. The predicted molar refractivity (Wildman–Crippen MR) is 81.2 cm³/mol. The maximum atomic E-state index is 5.97. The highest BCUT2D eigenvalue weighted by Gasteiger charge is 2.32. The van der Waals surface area contributed by atoms with Crippen LogP contribution in [0.3, 0.4) is 0 Å². The number of nitrogens with one attached hydrogen (secondary N) is 1. The lowest BCUT2D eigenvalue weighted by atomic mass is 10.1. The second-order valence-corrected chi connectivity index (χ2v) is 6.07. The first-order valence-corrected chi connectivity index (χ1v) is 7.89. The molecule has 0 saturated carbocycles. The summed E-state index contributed by atoms with van der Waals surface area (Å²) in [7, 11) is 0. The molecule has 3 rings (SSSR count). The fourth-order valence-electron chi connectivity index (χ4n) is 3.07. The van der Waals surface area contributed by atoms with E-state index in [0.29, 0.717) is 12.1 Å². The standard InChI is InChI=1S/C16H25N3O2/c1-12(2)19-15(5-7-18-19)16-14(6-9-21-16)17-10-13-4-3-8-20-11-13/h4-5,7,12,14,16-17H,3,6,8-11H2,1-2H3/t14-,16-/m0/s1.